The molecule has 1 rings (SSSR count). The number of nitrogens with one attached hydrogen (secondary N) is 1. The summed E-state index contributed by atoms with van der Waals surface area (Å²) in [6.07, 6.45) is -0.348. The molecule has 0 aliphatic carbocycles. The highest BCUT2D eigenvalue weighted by Crippen LogP contribution is 2.28. The minimum absolute atomic E-state index is 0.0437. The number of phenolic OH excluding ortho intramolecular Hbond substituents is 1. The number of aromatic hydroxyl groups is 1. The van der Waals surface area contributed by atoms with Crippen LogP contribution in [-0.2, 0) is 9.47 Å². The van der Waals surface area contributed by atoms with Crippen LogP contribution in [0.15, 0.2) is 18.2 Å². The van der Waals surface area contributed by atoms with Crippen LogP contribution in [0.3, 0.4) is 0 Å². The lowest BCUT2D eigenvalue weighted by Crippen LogP contribution is -2.33. The number of anilines is 1. The first-order chi connectivity index (χ1) is 8.12. The van der Waals surface area contributed by atoms with Crippen LogP contribution in [0.1, 0.15) is 6.92 Å². The van der Waals surface area contributed by atoms with Gasteiger partial charge in [0.2, 0.25) is 0 Å². The molecule has 0 spiro atoms. The Hall–Kier alpha value is -1.46. The number of hydrogen-bond donors (Lipinski definition) is 2. The van der Waals surface area contributed by atoms with E-state index in [-0.39, 0.29) is 18.1 Å². The summed E-state index contributed by atoms with van der Waals surface area (Å²) < 4.78 is 15.2. The second-order valence-electron chi connectivity index (χ2n) is 3.66. The molecular weight excluding hydrogens is 222 g/mol. The minimum atomic E-state index is -0.348. The van der Waals surface area contributed by atoms with Gasteiger partial charge in [0.25, 0.3) is 0 Å². The molecule has 5 heteroatoms. The van der Waals surface area contributed by atoms with Gasteiger partial charge in [0.1, 0.15) is 0 Å². The average molecular weight is 241 g/mol. The molecule has 0 bridgehead atoms. The predicted molar refractivity (Wildman–Crippen MR) is 65.5 cm³/mol. The van der Waals surface area contributed by atoms with Gasteiger partial charge in [-0.05, 0) is 19.1 Å². The zero-order valence-electron chi connectivity index (χ0n) is 10.6. The van der Waals surface area contributed by atoms with Crippen molar-refractivity contribution < 1.29 is 19.3 Å². The monoisotopic (exact) mass is 241 g/mol. The van der Waals surface area contributed by atoms with Crippen LogP contribution in [0.4, 0.5) is 5.69 Å². The molecule has 0 aliphatic rings. The van der Waals surface area contributed by atoms with E-state index in [4.69, 9.17) is 14.2 Å². The summed E-state index contributed by atoms with van der Waals surface area (Å²) in [5, 5.41) is 12.8. The molecule has 0 radical (unpaired) electrons. The van der Waals surface area contributed by atoms with E-state index in [1.807, 2.05) is 13.0 Å². The van der Waals surface area contributed by atoms with Crippen LogP contribution in [0, 0.1) is 0 Å². The van der Waals surface area contributed by atoms with E-state index in [1.165, 1.54) is 7.11 Å². The summed E-state index contributed by atoms with van der Waals surface area (Å²) in [6, 6.07) is 5.06. The molecule has 0 fully saturated rings. The summed E-state index contributed by atoms with van der Waals surface area (Å²) >= 11 is 0. The fraction of sp³-hybridized carbons (Fsp3) is 0.500. The van der Waals surface area contributed by atoms with E-state index < -0.39 is 0 Å². The molecule has 0 aromatic heterocycles. The minimum Gasteiger partial charge on any atom is -0.504 e. The van der Waals surface area contributed by atoms with Crippen molar-refractivity contribution in [3.8, 4) is 11.5 Å². The van der Waals surface area contributed by atoms with Crippen molar-refractivity contribution in [3.63, 3.8) is 0 Å². The van der Waals surface area contributed by atoms with Gasteiger partial charge in [-0.2, -0.15) is 0 Å². The quantitative estimate of drug-likeness (QED) is 0.744. The van der Waals surface area contributed by atoms with Crippen LogP contribution in [0.5, 0.6) is 11.5 Å². The smallest absolute Gasteiger partial charge is 0.176 e. The van der Waals surface area contributed by atoms with Gasteiger partial charge in [-0.1, -0.05) is 0 Å². The number of rotatable bonds is 6. The first kappa shape index (κ1) is 13.6. The molecule has 1 unspecified atom stereocenters. The fourth-order valence-electron chi connectivity index (χ4n) is 1.62. The molecule has 17 heavy (non-hydrogen) atoms. The Morgan fingerprint density at radius 3 is 2.29 bits per heavy atom. The van der Waals surface area contributed by atoms with Gasteiger partial charge in [0.15, 0.2) is 17.8 Å². The number of ether oxygens (including phenoxy) is 3. The topological polar surface area (TPSA) is 60.0 Å². The van der Waals surface area contributed by atoms with Crippen LogP contribution in [0.2, 0.25) is 0 Å². The number of methoxy groups -OCH3 is 3. The molecular formula is C12H19NO4. The maximum atomic E-state index is 9.63. The third-order valence-corrected chi connectivity index (χ3v) is 2.45. The third-order valence-electron chi connectivity index (χ3n) is 2.45. The lowest BCUT2D eigenvalue weighted by atomic mass is 10.2. The summed E-state index contributed by atoms with van der Waals surface area (Å²) in [5.41, 5.74) is 0.773. The molecule has 5 nitrogen and oxygen atoms in total. The second kappa shape index (κ2) is 6.32. The highest BCUT2D eigenvalue weighted by atomic mass is 16.7. The van der Waals surface area contributed by atoms with Crippen molar-refractivity contribution in [2.75, 3.05) is 26.6 Å². The van der Waals surface area contributed by atoms with Gasteiger partial charge in [-0.3, -0.25) is 0 Å². The van der Waals surface area contributed by atoms with E-state index in [9.17, 15) is 5.11 Å². The number of hydrogen-bond acceptors (Lipinski definition) is 5. The summed E-state index contributed by atoms with van der Waals surface area (Å²) in [6.45, 7) is 1.93. The largest absolute Gasteiger partial charge is 0.504 e. The van der Waals surface area contributed by atoms with E-state index in [1.54, 1.807) is 26.4 Å². The van der Waals surface area contributed by atoms with E-state index in [0.29, 0.717) is 5.75 Å². The number of phenols is 1. The Bertz CT molecular complexity index is 352. The molecule has 0 saturated carbocycles. The summed E-state index contributed by atoms with van der Waals surface area (Å²) in [5.74, 6) is 0.536. The van der Waals surface area contributed by atoms with Gasteiger partial charge in [-0.15, -0.1) is 0 Å². The lowest BCUT2D eigenvalue weighted by molar-refractivity contribution is -0.109. The van der Waals surface area contributed by atoms with Crippen molar-refractivity contribution >= 4 is 5.69 Å². The Balaban J connectivity index is 2.71. The van der Waals surface area contributed by atoms with Crippen molar-refractivity contribution in [2.45, 2.75) is 19.3 Å². The molecule has 1 atom stereocenters. The molecule has 0 amide bonds. The van der Waals surface area contributed by atoms with Crippen LogP contribution < -0.4 is 10.1 Å². The van der Waals surface area contributed by atoms with Crippen molar-refractivity contribution in [1.29, 1.82) is 0 Å². The standard InChI is InChI=1S/C12H19NO4/c1-8(12(16-3)17-4)13-9-5-6-11(15-2)10(14)7-9/h5-8,12-14H,1-4H3. The van der Waals surface area contributed by atoms with Crippen LogP contribution in [0.25, 0.3) is 0 Å². The first-order valence-electron chi connectivity index (χ1n) is 5.31. The highest BCUT2D eigenvalue weighted by Gasteiger charge is 2.15. The van der Waals surface area contributed by atoms with E-state index >= 15 is 0 Å². The summed E-state index contributed by atoms with van der Waals surface area (Å²) in [7, 11) is 4.67. The van der Waals surface area contributed by atoms with Crippen LogP contribution >= 0.6 is 0 Å². The fourth-order valence-corrected chi connectivity index (χ4v) is 1.62. The van der Waals surface area contributed by atoms with Crippen molar-refractivity contribution in [1.82, 2.24) is 0 Å². The third kappa shape index (κ3) is 3.51. The molecule has 96 valence electrons. The molecule has 0 aliphatic heterocycles. The normalized spacial score (nSPS) is 12.5. The Morgan fingerprint density at radius 1 is 1.18 bits per heavy atom. The zero-order chi connectivity index (χ0) is 12.8. The molecule has 2 N–H and O–H groups in total. The maximum absolute atomic E-state index is 9.63. The predicted octanol–water partition coefficient (Wildman–Crippen LogP) is 1.82. The zero-order valence-corrected chi connectivity index (χ0v) is 10.6. The van der Waals surface area contributed by atoms with Crippen molar-refractivity contribution in [3.05, 3.63) is 18.2 Å². The Morgan fingerprint density at radius 2 is 1.82 bits per heavy atom. The van der Waals surface area contributed by atoms with Gasteiger partial charge in [-0.25, -0.2) is 0 Å². The van der Waals surface area contributed by atoms with Gasteiger partial charge in [0, 0.05) is 26.0 Å². The molecule has 0 saturated heterocycles. The second-order valence-corrected chi connectivity index (χ2v) is 3.66. The molecule has 1 aromatic rings. The maximum Gasteiger partial charge on any atom is 0.176 e. The highest BCUT2D eigenvalue weighted by molar-refractivity contribution is 5.54. The number of benzene rings is 1. The van der Waals surface area contributed by atoms with Crippen LogP contribution in [-0.4, -0.2) is 38.8 Å². The van der Waals surface area contributed by atoms with E-state index in [2.05, 4.69) is 5.32 Å². The van der Waals surface area contributed by atoms with Crippen molar-refractivity contribution in [2.24, 2.45) is 0 Å². The van der Waals surface area contributed by atoms with E-state index in [0.717, 1.165) is 5.69 Å². The van der Waals surface area contributed by atoms with Gasteiger partial charge in [0.05, 0.1) is 13.2 Å². The van der Waals surface area contributed by atoms with Gasteiger partial charge >= 0.3 is 0 Å². The van der Waals surface area contributed by atoms with Gasteiger partial charge < -0.3 is 24.6 Å². The Kier molecular flexibility index (Phi) is 5.06. The lowest BCUT2D eigenvalue weighted by Gasteiger charge is -2.23. The Labute approximate surface area is 101 Å². The first-order valence-corrected chi connectivity index (χ1v) is 5.31. The molecule has 1 aromatic carbocycles. The average Bonchev–Trinajstić information content (AvgIpc) is 2.31. The summed E-state index contributed by atoms with van der Waals surface area (Å²) in [4.78, 5) is 0. The SMILES string of the molecule is COc1ccc(NC(C)C(OC)OC)cc1O. The molecule has 0 heterocycles.